The molecule has 0 N–H and O–H groups in total. The molecule has 2 heterocycles. The fourth-order valence-electron chi connectivity index (χ4n) is 4.79. The maximum atomic E-state index is 14.4. The highest BCUT2D eigenvalue weighted by Gasteiger charge is 2.37. The molecule has 1 saturated heterocycles. The van der Waals surface area contributed by atoms with Crippen molar-refractivity contribution in [1.29, 1.82) is 0 Å². The summed E-state index contributed by atoms with van der Waals surface area (Å²) < 4.78 is 48.9. The number of nitrogens with zero attached hydrogens (tertiary/aromatic N) is 4. The van der Waals surface area contributed by atoms with Gasteiger partial charge in [0, 0.05) is 42.8 Å². The fraction of sp³-hybridized carbons (Fsp3) is 0.379. The zero-order chi connectivity index (χ0) is 29.1. The zero-order valence-corrected chi connectivity index (χ0v) is 22.6. The molecule has 1 aliphatic rings. The number of aromatic nitrogens is 1. The summed E-state index contributed by atoms with van der Waals surface area (Å²) in [6, 6.07) is 11.0. The van der Waals surface area contributed by atoms with Gasteiger partial charge in [-0.25, -0.2) is 4.79 Å². The van der Waals surface area contributed by atoms with Crippen LogP contribution in [0.15, 0.2) is 60.9 Å². The number of alkyl halides is 3. The second-order valence-corrected chi connectivity index (χ2v) is 10.6. The van der Waals surface area contributed by atoms with Gasteiger partial charge in [0.1, 0.15) is 5.60 Å². The van der Waals surface area contributed by atoms with Crippen LogP contribution in [0.25, 0.3) is 11.1 Å². The third-order valence-corrected chi connectivity index (χ3v) is 6.54. The van der Waals surface area contributed by atoms with Gasteiger partial charge in [0.05, 0.1) is 28.3 Å². The zero-order valence-electron chi connectivity index (χ0n) is 22.6. The number of benzene rings is 2. The van der Waals surface area contributed by atoms with E-state index in [-0.39, 0.29) is 23.2 Å². The van der Waals surface area contributed by atoms with Crippen LogP contribution in [-0.2, 0) is 17.5 Å². The summed E-state index contributed by atoms with van der Waals surface area (Å²) in [5.74, 6) is 0. The first-order valence-corrected chi connectivity index (χ1v) is 13.0. The van der Waals surface area contributed by atoms with E-state index >= 15 is 0 Å². The molecule has 0 spiro atoms. The van der Waals surface area contributed by atoms with E-state index in [0.29, 0.717) is 24.5 Å². The summed E-state index contributed by atoms with van der Waals surface area (Å²) in [6.45, 7) is 6.13. The van der Waals surface area contributed by atoms with Gasteiger partial charge >= 0.3 is 12.3 Å². The van der Waals surface area contributed by atoms with Gasteiger partial charge in [-0.3, -0.25) is 20.0 Å². The number of carbonyl (C=O) groups is 1. The summed E-state index contributed by atoms with van der Waals surface area (Å²) in [7, 11) is 0. The average molecular weight is 557 g/mol. The molecule has 11 heteroatoms. The number of amides is 1. The van der Waals surface area contributed by atoms with Gasteiger partial charge in [0.15, 0.2) is 0 Å². The van der Waals surface area contributed by atoms with Crippen LogP contribution in [0, 0.1) is 10.1 Å². The van der Waals surface area contributed by atoms with Crippen molar-refractivity contribution in [1.82, 2.24) is 4.98 Å². The predicted octanol–water partition coefficient (Wildman–Crippen LogP) is 7.61. The van der Waals surface area contributed by atoms with Crippen LogP contribution in [0.4, 0.5) is 35.0 Å². The number of anilines is 2. The third kappa shape index (κ3) is 6.70. The summed E-state index contributed by atoms with van der Waals surface area (Å²) in [6.07, 6.45) is 0.208. The monoisotopic (exact) mass is 556 g/mol. The SMILES string of the molecule is CC(C)(C)OC(=O)N(Cc1cccc(C(F)(F)F)c1-c1cc(N2CCCCC2)ccc1[N+](=O)[O-])c1ccncc1. The van der Waals surface area contributed by atoms with Gasteiger partial charge in [-0.1, -0.05) is 12.1 Å². The van der Waals surface area contributed by atoms with E-state index in [1.54, 1.807) is 26.8 Å². The van der Waals surface area contributed by atoms with Crippen LogP contribution < -0.4 is 9.80 Å². The number of nitro groups is 1. The Balaban J connectivity index is 1.92. The summed E-state index contributed by atoms with van der Waals surface area (Å²) in [5.41, 5.74) is -1.81. The van der Waals surface area contributed by atoms with E-state index in [2.05, 4.69) is 4.98 Å². The minimum absolute atomic E-state index is 0.0800. The molecule has 3 aromatic rings. The maximum absolute atomic E-state index is 14.4. The van der Waals surface area contributed by atoms with Crippen molar-refractivity contribution in [3.8, 4) is 11.1 Å². The molecule has 1 amide bonds. The van der Waals surface area contributed by atoms with Crippen molar-refractivity contribution in [3.63, 3.8) is 0 Å². The maximum Gasteiger partial charge on any atom is 0.417 e. The van der Waals surface area contributed by atoms with E-state index < -0.39 is 34.0 Å². The molecule has 0 aliphatic carbocycles. The number of hydrogen-bond donors (Lipinski definition) is 0. The molecule has 0 bridgehead atoms. The number of carbonyl (C=O) groups excluding carboxylic acids is 1. The first-order chi connectivity index (χ1) is 18.8. The molecule has 0 unspecified atom stereocenters. The Kier molecular flexibility index (Phi) is 8.32. The normalized spacial score (nSPS) is 14.1. The van der Waals surface area contributed by atoms with Crippen molar-refractivity contribution in [2.24, 2.45) is 0 Å². The van der Waals surface area contributed by atoms with E-state index in [4.69, 9.17) is 4.74 Å². The minimum atomic E-state index is -4.81. The lowest BCUT2D eigenvalue weighted by Crippen LogP contribution is -2.36. The summed E-state index contributed by atoms with van der Waals surface area (Å²) in [4.78, 5) is 31.9. The molecule has 212 valence electrons. The topological polar surface area (TPSA) is 88.8 Å². The molecule has 1 fully saturated rings. The first-order valence-electron chi connectivity index (χ1n) is 13.0. The highest BCUT2D eigenvalue weighted by atomic mass is 19.4. The minimum Gasteiger partial charge on any atom is -0.443 e. The Morgan fingerprint density at radius 3 is 2.33 bits per heavy atom. The number of rotatable bonds is 6. The lowest BCUT2D eigenvalue weighted by atomic mass is 9.91. The van der Waals surface area contributed by atoms with Gasteiger partial charge in [0.2, 0.25) is 0 Å². The van der Waals surface area contributed by atoms with Gasteiger partial charge in [-0.15, -0.1) is 0 Å². The molecule has 0 radical (unpaired) electrons. The summed E-state index contributed by atoms with van der Waals surface area (Å²) >= 11 is 0. The number of pyridine rings is 1. The molecule has 1 aromatic heterocycles. The Labute approximate surface area is 230 Å². The van der Waals surface area contributed by atoms with Crippen LogP contribution in [0.2, 0.25) is 0 Å². The molecule has 2 aromatic carbocycles. The first kappa shape index (κ1) is 28.8. The Morgan fingerprint density at radius 2 is 1.73 bits per heavy atom. The van der Waals surface area contributed by atoms with Gasteiger partial charge in [-0.2, -0.15) is 13.2 Å². The Bertz CT molecular complexity index is 1370. The molecule has 4 rings (SSSR count). The molecule has 1 aliphatic heterocycles. The summed E-state index contributed by atoms with van der Waals surface area (Å²) in [5, 5.41) is 12.1. The largest absolute Gasteiger partial charge is 0.443 e. The number of piperidine rings is 1. The number of halogens is 3. The van der Waals surface area contributed by atoms with Crippen LogP contribution in [-0.4, -0.2) is 34.7 Å². The van der Waals surface area contributed by atoms with Crippen LogP contribution >= 0.6 is 0 Å². The van der Waals surface area contributed by atoms with E-state index in [9.17, 15) is 28.1 Å². The van der Waals surface area contributed by atoms with Crippen LogP contribution in [0.5, 0.6) is 0 Å². The Morgan fingerprint density at radius 1 is 1.05 bits per heavy atom. The number of ether oxygens (including phenoxy) is 1. The van der Waals surface area contributed by atoms with E-state index in [1.807, 2.05) is 4.90 Å². The fourth-order valence-corrected chi connectivity index (χ4v) is 4.79. The second kappa shape index (κ2) is 11.5. The molecule has 8 nitrogen and oxygen atoms in total. The van der Waals surface area contributed by atoms with Gasteiger partial charge in [0.25, 0.3) is 5.69 Å². The highest BCUT2D eigenvalue weighted by molar-refractivity contribution is 5.89. The molecule has 40 heavy (non-hydrogen) atoms. The van der Waals surface area contributed by atoms with Crippen LogP contribution in [0.1, 0.15) is 51.2 Å². The standard InChI is InChI=1S/C29H31F3N4O4/c1-28(2,3)40-27(37)35(21-12-14-33-15-13-21)19-20-8-7-9-24(29(30,31)32)26(20)23-18-22(10-11-25(23)36(38)39)34-16-5-4-6-17-34/h7-15,18H,4-6,16-17,19H2,1-3H3. The predicted molar refractivity (Wildman–Crippen MR) is 146 cm³/mol. The number of hydrogen-bond acceptors (Lipinski definition) is 6. The lowest BCUT2D eigenvalue weighted by molar-refractivity contribution is -0.384. The lowest BCUT2D eigenvalue weighted by Gasteiger charge is -2.30. The molecule has 0 atom stereocenters. The van der Waals surface area contributed by atoms with Crippen molar-refractivity contribution < 1.29 is 27.6 Å². The molecular weight excluding hydrogens is 525 g/mol. The van der Waals surface area contributed by atoms with Crippen molar-refractivity contribution >= 4 is 23.2 Å². The highest BCUT2D eigenvalue weighted by Crippen LogP contribution is 2.44. The van der Waals surface area contributed by atoms with Crippen molar-refractivity contribution in [3.05, 3.63) is 82.2 Å². The average Bonchev–Trinajstić information content (AvgIpc) is 2.90. The van der Waals surface area contributed by atoms with Gasteiger partial charge < -0.3 is 9.64 Å². The molecular formula is C29H31F3N4O4. The smallest absolute Gasteiger partial charge is 0.417 e. The second-order valence-electron chi connectivity index (χ2n) is 10.6. The van der Waals surface area contributed by atoms with Gasteiger partial charge in [-0.05, 0) is 75.9 Å². The van der Waals surface area contributed by atoms with E-state index in [0.717, 1.165) is 25.3 Å². The Hall–Kier alpha value is -4.15. The van der Waals surface area contributed by atoms with Crippen molar-refractivity contribution in [2.75, 3.05) is 22.9 Å². The molecule has 0 saturated carbocycles. The van der Waals surface area contributed by atoms with E-state index in [1.165, 1.54) is 53.7 Å². The van der Waals surface area contributed by atoms with Crippen molar-refractivity contribution in [2.45, 2.75) is 58.4 Å². The third-order valence-electron chi connectivity index (χ3n) is 6.54. The quantitative estimate of drug-likeness (QED) is 0.229. The number of nitro benzene ring substituents is 1. The van der Waals surface area contributed by atoms with Crippen LogP contribution in [0.3, 0.4) is 0 Å².